The third-order valence-electron chi connectivity index (χ3n) is 2.67. The van der Waals surface area contributed by atoms with Gasteiger partial charge in [0.1, 0.15) is 5.82 Å². The van der Waals surface area contributed by atoms with E-state index in [9.17, 15) is 4.39 Å². The lowest BCUT2D eigenvalue weighted by atomic mass is 10.2. The maximum absolute atomic E-state index is 13.3. The van der Waals surface area contributed by atoms with Gasteiger partial charge in [-0.15, -0.1) is 0 Å². The Bertz CT molecular complexity index is 570. The number of hydrogen-bond acceptors (Lipinski definition) is 2. The predicted molar refractivity (Wildman–Crippen MR) is 75.1 cm³/mol. The van der Waals surface area contributed by atoms with Crippen LogP contribution in [0.1, 0.15) is 17.0 Å². The van der Waals surface area contributed by atoms with Gasteiger partial charge in [-0.1, -0.05) is 6.07 Å². The van der Waals surface area contributed by atoms with Crippen LogP contribution in [-0.4, -0.2) is 4.98 Å². The fraction of sp³-hybridized carbons (Fsp3) is 0.214. The molecule has 1 heterocycles. The fourth-order valence-electron chi connectivity index (χ4n) is 1.72. The number of halogens is 2. The van der Waals surface area contributed by atoms with E-state index in [1.165, 1.54) is 6.07 Å². The van der Waals surface area contributed by atoms with Gasteiger partial charge in [-0.25, -0.2) is 4.39 Å². The first-order valence-electron chi connectivity index (χ1n) is 5.68. The molecule has 0 aliphatic rings. The van der Waals surface area contributed by atoms with Gasteiger partial charge in [0.2, 0.25) is 0 Å². The van der Waals surface area contributed by atoms with Crippen molar-refractivity contribution in [3.63, 3.8) is 0 Å². The minimum absolute atomic E-state index is 0.244. The highest BCUT2D eigenvalue weighted by Gasteiger charge is 2.05. The molecule has 0 aliphatic carbocycles. The van der Waals surface area contributed by atoms with Crippen LogP contribution in [0.5, 0.6) is 0 Å². The highest BCUT2D eigenvalue weighted by atomic mass is 79.9. The summed E-state index contributed by atoms with van der Waals surface area (Å²) in [6, 6.07) is 9.17. The van der Waals surface area contributed by atoms with Gasteiger partial charge in [-0.05, 0) is 59.6 Å². The summed E-state index contributed by atoms with van der Waals surface area (Å²) < 4.78 is 13.8. The van der Waals surface area contributed by atoms with Crippen LogP contribution in [0.15, 0.2) is 34.8 Å². The molecule has 1 aromatic heterocycles. The summed E-state index contributed by atoms with van der Waals surface area (Å²) in [6.07, 6.45) is 0. The van der Waals surface area contributed by atoms with Crippen molar-refractivity contribution in [3.8, 4) is 0 Å². The van der Waals surface area contributed by atoms with E-state index in [4.69, 9.17) is 0 Å². The molecule has 1 aromatic carbocycles. The molecule has 2 aromatic rings. The van der Waals surface area contributed by atoms with Crippen molar-refractivity contribution in [2.75, 3.05) is 5.32 Å². The van der Waals surface area contributed by atoms with Crippen LogP contribution in [0, 0.1) is 19.7 Å². The molecule has 0 bridgehead atoms. The second-order valence-corrected chi connectivity index (χ2v) is 5.06. The summed E-state index contributed by atoms with van der Waals surface area (Å²) in [4.78, 5) is 4.41. The van der Waals surface area contributed by atoms with E-state index in [0.717, 1.165) is 22.6 Å². The normalized spacial score (nSPS) is 10.4. The maximum atomic E-state index is 13.3. The molecule has 0 saturated carbocycles. The average Bonchev–Trinajstić information content (AvgIpc) is 2.32. The molecule has 2 rings (SSSR count). The van der Waals surface area contributed by atoms with Crippen molar-refractivity contribution >= 4 is 21.6 Å². The van der Waals surface area contributed by atoms with E-state index in [1.54, 1.807) is 6.07 Å². The van der Waals surface area contributed by atoms with Gasteiger partial charge in [0.05, 0.1) is 16.7 Å². The van der Waals surface area contributed by atoms with Crippen LogP contribution in [0.3, 0.4) is 0 Å². The van der Waals surface area contributed by atoms with E-state index < -0.39 is 0 Å². The van der Waals surface area contributed by atoms with Crippen molar-refractivity contribution in [1.29, 1.82) is 0 Å². The monoisotopic (exact) mass is 308 g/mol. The van der Waals surface area contributed by atoms with E-state index in [1.807, 2.05) is 32.0 Å². The quantitative estimate of drug-likeness (QED) is 0.918. The lowest BCUT2D eigenvalue weighted by Crippen LogP contribution is -2.04. The summed E-state index contributed by atoms with van der Waals surface area (Å²) in [5.74, 6) is -0.244. The maximum Gasteiger partial charge on any atom is 0.137 e. The predicted octanol–water partition coefficient (Wildman–Crippen LogP) is 4.21. The summed E-state index contributed by atoms with van der Waals surface area (Å²) in [5.41, 5.74) is 3.75. The summed E-state index contributed by atoms with van der Waals surface area (Å²) >= 11 is 3.19. The van der Waals surface area contributed by atoms with Crippen LogP contribution in [0.25, 0.3) is 0 Å². The minimum Gasteiger partial charge on any atom is -0.379 e. The van der Waals surface area contributed by atoms with Gasteiger partial charge in [-0.2, -0.15) is 0 Å². The molecule has 0 unspecified atom stereocenters. The number of aromatic nitrogens is 1. The van der Waals surface area contributed by atoms with Crippen molar-refractivity contribution in [2.45, 2.75) is 20.4 Å². The molecule has 2 nitrogen and oxygen atoms in total. The standard InChI is InChI=1S/C14H14BrFN2/c1-9-6-13(16)12(15)7-14(9)17-8-11-5-3-4-10(2)18-11/h3-7,17H,8H2,1-2H3. The first kappa shape index (κ1) is 13.0. The molecule has 0 spiro atoms. The molecular weight excluding hydrogens is 295 g/mol. The second-order valence-electron chi connectivity index (χ2n) is 4.21. The number of nitrogens with one attached hydrogen (secondary N) is 1. The van der Waals surface area contributed by atoms with Gasteiger partial charge in [0.15, 0.2) is 0 Å². The molecule has 0 atom stereocenters. The zero-order chi connectivity index (χ0) is 13.1. The van der Waals surface area contributed by atoms with E-state index in [0.29, 0.717) is 11.0 Å². The van der Waals surface area contributed by atoms with Crippen LogP contribution in [0.2, 0.25) is 0 Å². The topological polar surface area (TPSA) is 24.9 Å². The molecule has 0 aliphatic heterocycles. The molecule has 1 N–H and O–H groups in total. The molecule has 0 saturated heterocycles. The van der Waals surface area contributed by atoms with Crippen LogP contribution >= 0.6 is 15.9 Å². The summed E-state index contributed by atoms with van der Waals surface area (Å²) in [6.45, 7) is 4.46. The highest BCUT2D eigenvalue weighted by Crippen LogP contribution is 2.24. The number of anilines is 1. The molecular formula is C14H14BrFN2. The minimum atomic E-state index is -0.244. The van der Waals surface area contributed by atoms with Gasteiger partial charge < -0.3 is 5.32 Å². The summed E-state index contributed by atoms with van der Waals surface area (Å²) in [7, 11) is 0. The number of nitrogens with zero attached hydrogens (tertiary/aromatic N) is 1. The Kier molecular flexibility index (Phi) is 3.97. The second kappa shape index (κ2) is 5.48. The van der Waals surface area contributed by atoms with Crippen LogP contribution in [0.4, 0.5) is 10.1 Å². The number of hydrogen-bond donors (Lipinski definition) is 1. The smallest absolute Gasteiger partial charge is 0.137 e. The summed E-state index contributed by atoms with van der Waals surface area (Å²) in [5, 5.41) is 3.27. The Hall–Kier alpha value is -1.42. The van der Waals surface area contributed by atoms with Gasteiger partial charge in [0, 0.05) is 11.4 Å². The Balaban J connectivity index is 2.13. The first-order chi connectivity index (χ1) is 8.56. The average molecular weight is 309 g/mol. The fourth-order valence-corrected chi connectivity index (χ4v) is 2.06. The SMILES string of the molecule is Cc1cccc(CNc2cc(Br)c(F)cc2C)n1. The Morgan fingerprint density at radius 1 is 1.28 bits per heavy atom. The van der Waals surface area contributed by atoms with Crippen molar-refractivity contribution in [2.24, 2.45) is 0 Å². The Labute approximate surface area is 114 Å². The molecule has 0 amide bonds. The first-order valence-corrected chi connectivity index (χ1v) is 6.47. The number of aryl methyl sites for hydroxylation is 2. The van der Waals surface area contributed by atoms with Crippen molar-refractivity contribution in [1.82, 2.24) is 4.98 Å². The zero-order valence-corrected chi connectivity index (χ0v) is 11.9. The largest absolute Gasteiger partial charge is 0.379 e. The number of rotatable bonds is 3. The molecule has 0 fully saturated rings. The van der Waals surface area contributed by atoms with Crippen molar-refractivity contribution in [3.05, 3.63) is 57.6 Å². The van der Waals surface area contributed by atoms with Crippen LogP contribution in [-0.2, 0) is 6.54 Å². The van der Waals surface area contributed by atoms with E-state index in [-0.39, 0.29) is 5.82 Å². The molecule has 4 heteroatoms. The molecule has 0 radical (unpaired) electrons. The molecule has 94 valence electrons. The zero-order valence-electron chi connectivity index (χ0n) is 10.3. The number of pyridine rings is 1. The van der Waals surface area contributed by atoms with E-state index in [2.05, 4.69) is 26.2 Å². The Morgan fingerprint density at radius 2 is 2.06 bits per heavy atom. The lowest BCUT2D eigenvalue weighted by molar-refractivity contribution is 0.620. The molecule has 18 heavy (non-hydrogen) atoms. The van der Waals surface area contributed by atoms with Gasteiger partial charge in [-0.3, -0.25) is 4.98 Å². The van der Waals surface area contributed by atoms with Crippen molar-refractivity contribution < 1.29 is 4.39 Å². The lowest BCUT2D eigenvalue weighted by Gasteiger charge is -2.10. The number of benzene rings is 1. The van der Waals surface area contributed by atoms with E-state index >= 15 is 0 Å². The van der Waals surface area contributed by atoms with Gasteiger partial charge >= 0.3 is 0 Å². The Morgan fingerprint density at radius 3 is 2.78 bits per heavy atom. The highest BCUT2D eigenvalue weighted by molar-refractivity contribution is 9.10. The third kappa shape index (κ3) is 3.07. The van der Waals surface area contributed by atoms with Gasteiger partial charge in [0.25, 0.3) is 0 Å². The van der Waals surface area contributed by atoms with Crippen LogP contribution < -0.4 is 5.32 Å². The third-order valence-corrected chi connectivity index (χ3v) is 3.28.